The Morgan fingerprint density at radius 1 is 0.465 bits per heavy atom. The zero-order valence-corrected chi connectivity index (χ0v) is 22.7. The minimum Gasteiger partial charge on any atom is -0.455 e. The second-order valence-electron chi connectivity index (χ2n) is 10.8. The van der Waals surface area contributed by atoms with Crippen LogP contribution in [0.5, 0.6) is 0 Å². The molecule has 0 aliphatic rings. The monoisotopic (exact) mass is 548 g/mol. The Hall–Kier alpha value is -6.30. The first-order valence-corrected chi connectivity index (χ1v) is 14.1. The van der Waals surface area contributed by atoms with Gasteiger partial charge in [-0.1, -0.05) is 72.8 Å². The molecule has 0 saturated heterocycles. The van der Waals surface area contributed by atoms with Crippen molar-refractivity contribution in [3.63, 3.8) is 0 Å². The highest BCUT2D eigenvalue weighted by molar-refractivity contribution is 6.24. The first-order chi connectivity index (χ1) is 21.3. The van der Waals surface area contributed by atoms with Crippen LogP contribution in [0.3, 0.4) is 0 Å². The van der Waals surface area contributed by atoms with E-state index in [2.05, 4.69) is 75.9 Å². The van der Waals surface area contributed by atoms with E-state index in [9.17, 15) is 10.5 Å². The number of hydrogen-bond acceptors (Lipinski definition) is 3. The minimum absolute atomic E-state index is 0.331. The third-order valence-corrected chi connectivity index (χ3v) is 8.60. The average molecular weight is 549 g/mol. The third-order valence-electron chi connectivity index (χ3n) is 8.60. The van der Waals surface area contributed by atoms with Crippen LogP contribution in [0.2, 0.25) is 0 Å². The number of nitrogens with zero attached hydrogens (tertiary/aromatic N) is 4. The van der Waals surface area contributed by atoms with E-state index in [0.29, 0.717) is 11.1 Å². The molecule has 3 heterocycles. The zero-order chi connectivity index (χ0) is 28.7. The number of aromatic nitrogens is 2. The van der Waals surface area contributed by atoms with Gasteiger partial charge in [0.1, 0.15) is 23.3 Å². The van der Waals surface area contributed by atoms with E-state index in [1.165, 1.54) is 0 Å². The Labute approximate surface area is 245 Å². The fourth-order valence-corrected chi connectivity index (χ4v) is 6.80. The predicted molar refractivity (Wildman–Crippen MR) is 172 cm³/mol. The largest absolute Gasteiger partial charge is 0.455 e. The van der Waals surface area contributed by atoms with Crippen molar-refractivity contribution < 1.29 is 4.42 Å². The smallest absolute Gasteiger partial charge is 0.145 e. The molecule has 0 fully saturated rings. The lowest BCUT2D eigenvalue weighted by molar-refractivity contribution is 0.673. The average Bonchev–Trinajstić information content (AvgIpc) is 3.72. The molecule has 43 heavy (non-hydrogen) atoms. The van der Waals surface area contributed by atoms with Gasteiger partial charge >= 0.3 is 0 Å². The quantitative estimate of drug-likeness (QED) is 0.216. The van der Waals surface area contributed by atoms with Crippen LogP contribution < -0.4 is 0 Å². The summed E-state index contributed by atoms with van der Waals surface area (Å²) in [7, 11) is 0. The summed E-state index contributed by atoms with van der Waals surface area (Å²) in [5.74, 6) is 0. The van der Waals surface area contributed by atoms with Crippen LogP contribution in [0.25, 0.3) is 76.9 Å². The van der Waals surface area contributed by atoms with E-state index in [-0.39, 0.29) is 0 Å². The highest BCUT2D eigenvalue weighted by Crippen LogP contribution is 2.42. The van der Waals surface area contributed by atoms with Crippen molar-refractivity contribution in [2.75, 3.05) is 0 Å². The van der Waals surface area contributed by atoms with E-state index < -0.39 is 0 Å². The van der Waals surface area contributed by atoms with E-state index in [1.54, 1.807) is 0 Å². The Kier molecular flexibility index (Phi) is 4.68. The molecule has 6 aromatic carbocycles. The van der Waals surface area contributed by atoms with Gasteiger partial charge in [-0.25, -0.2) is 0 Å². The Balaban J connectivity index is 1.49. The van der Waals surface area contributed by atoms with E-state index >= 15 is 0 Å². The van der Waals surface area contributed by atoms with Gasteiger partial charge in [0.15, 0.2) is 0 Å². The van der Waals surface area contributed by atoms with Crippen molar-refractivity contribution in [1.82, 2.24) is 9.13 Å². The van der Waals surface area contributed by atoms with E-state index in [1.807, 2.05) is 66.7 Å². The number of para-hydroxylation sites is 4. The molecule has 0 aliphatic heterocycles. The number of nitriles is 2. The van der Waals surface area contributed by atoms with Gasteiger partial charge < -0.3 is 13.6 Å². The predicted octanol–water partition coefficient (Wildman–Crippen LogP) is 9.52. The Morgan fingerprint density at radius 2 is 0.953 bits per heavy atom. The number of rotatable bonds is 2. The molecule has 3 aromatic heterocycles. The van der Waals surface area contributed by atoms with Crippen molar-refractivity contribution in [3.8, 4) is 23.5 Å². The highest BCUT2D eigenvalue weighted by Gasteiger charge is 2.23. The fraction of sp³-hybridized carbons (Fsp3) is 0. The molecule has 9 rings (SSSR count). The van der Waals surface area contributed by atoms with E-state index in [0.717, 1.165) is 76.9 Å². The maximum atomic E-state index is 10.2. The lowest BCUT2D eigenvalue weighted by atomic mass is 10.1. The molecular formula is C38H20N4O. The maximum Gasteiger partial charge on any atom is 0.145 e. The summed E-state index contributed by atoms with van der Waals surface area (Å²) >= 11 is 0. The minimum atomic E-state index is 0.331. The van der Waals surface area contributed by atoms with Gasteiger partial charge in [0, 0.05) is 26.9 Å². The first kappa shape index (κ1) is 23.4. The molecule has 0 unspecified atom stereocenters. The number of fused-ring (bicyclic) bond motifs is 10. The summed E-state index contributed by atoms with van der Waals surface area (Å²) in [5.41, 5.74) is 7.98. The SMILES string of the molecule is N#Cc1cc(-n2c3ccccc3c3ccccc32)c(-n2c3ccccc3c3c4oc5ccccc5c4ccc32)cc1C#N. The molecule has 0 amide bonds. The van der Waals surface area contributed by atoms with Gasteiger partial charge in [0.05, 0.1) is 50.0 Å². The zero-order valence-electron chi connectivity index (χ0n) is 22.7. The number of furan rings is 1. The third kappa shape index (κ3) is 3.08. The molecule has 0 aliphatic carbocycles. The molecule has 0 N–H and O–H groups in total. The highest BCUT2D eigenvalue weighted by atomic mass is 16.3. The summed E-state index contributed by atoms with van der Waals surface area (Å²) in [6.07, 6.45) is 0. The molecular weight excluding hydrogens is 528 g/mol. The van der Waals surface area contributed by atoms with Gasteiger partial charge in [-0.05, 0) is 48.5 Å². The lowest BCUT2D eigenvalue weighted by Gasteiger charge is -2.18. The summed E-state index contributed by atoms with van der Waals surface area (Å²) in [6, 6.07) is 45.5. The van der Waals surface area contributed by atoms with Crippen molar-refractivity contribution in [2.24, 2.45) is 0 Å². The number of hydrogen-bond donors (Lipinski definition) is 0. The van der Waals surface area contributed by atoms with Crippen LogP contribution in [0.1, 0.15) is 11.1 Å². The lowest BCUT2D eigenvalue weighted by Crippen LogP contribution is -2.05. The van der Waals surface area contributed by atoms with Crippen LogP contribution in [0, 0.1) is 22.7 Å². The van der Waals surface area contributed by atoms with E-state index in [4.69, 9.17) is 4.42 Å². The maximum absolute atomic E-state index is 10.2. The topological polar surface area (TPSA) is 70.6 Å². The van der Waals surface area contributed by atoms with Crippen LogP contribution in [-0.2, 0) is 0 Å². The molecule has 0 saturated carbocycles. The Bertz CT molecular complexity index is 2650. The fourth-order valence-electron chi connectivity index (χ4n) is 6.80. The molecule has 0 spiro atoms. The summed E-state index contributed by atoms with van der Waals surface area (Å²) in [5, 5.41) is 26.7. The normalized spacial score (nSPS) is 11.7. The first-order valence-electron chi connectivity index (χ1n) is 14.1. The van der Waals surface area contributed by atoms with Crippen LogP contribution in [-0.4, -0.2) is 9.13 Å². The molecule has 0 radical (unpaired) electrons. The second-order valence-corrected chi connectivity index (χ2v) is 10.8. The van der Waals surface area contributed by atoms with Crippen LogP contribution in [0.4, 0.5) is 0 Å². The van der Waals surface area contributed by atoms with Gasteiger partial charge in [0.25, 0.3) is 0 Å². The molecule has 5 nitrogen and oxygen atoms in total. The number of benzene rings is 6. The van der Waals surface area contributed by atoms with Crippen molar-refractivity contribution >= 4 is 65.6 Å². The second kappa shape index (κ2) is 8.60. The van der Waals surface area contributed by atoms with Gasteiger partial charge in [0.2, 0.25) is 0 Å². The van der Waals surface area contributed by atoms with Crippen LogP contribution >= 0.6 is 0 Å². The van der Waals surface area contributed by atoms with Gasteiger partial charge in [-0.15, -0.1) is 0 Å². The standard InChI is InChI=1S/C38H20N4O/c39-21-23-19-34(41-30-13-5-1-9-25(30)26-10-2-6-14-31(26)41)35(20-24(23)22-40)42-32-15-7-3-12-29(32)37-33(42)18-17-28-27-11-4-8-16-36(27)43-38(28)37/h1-20H. The van der Waals surface area contributed by atoms with Crippen LogP contribution in [0.15, 0.2) is 126 Å². The summed E-state index contributed by atoms with van der Waals surface area (Å²) < 4.78 is 10.9. The molecule has 0 atom stereocenters. The molecule has 5 heteroatoms. The molecule has 198 valence electrons. The van der Waals surface area contributed by atoms with Crippen molar-refractivity contribution in [1.29, 1.82) is 10.5 Å². The van der Waals surface area contributed by atoms with Crippen molar-refractivity contribution in [3.05, 3.63) is 132 Å². The molecule has 9 aromatic rings. The summed E-state index contributed by atoms with van der Waals surface area (Å²) in [4.78, 5) is 0. The molecule has 0 bridgehead atoms. The Morgan fingerprint density at radius 3 is 1.56 bits per heavy atom. The van der Waals surface area contributed by atoms with Gasteiger partial charge in [-0.3, -0.25) is 0 Å². The van der Waals surface area contributed by atoms with Gasteiger partial charge in [-0.2, -0.15) is 10.5 Å². The van der Waals surface area contributed by atoms with Crippen molar-refractivity contribution in [2.45, 2.75) is 0 Å². The summed E-state index contributed by atoms with van der Waals surface area (Å²) in [6.45, 7) is 0.